The van der Waals surface area contributed by atoms with Gasteiger partial charge in [0, 0.05) is 33.2 Å². The summed E-state index contributed by atoms with van der Waals surface area (Å²) < 4.78 is 14.5. The molecule has 0 saturated heterocycles. The second kappa shape index (κ2) is 5.95. The molecule has 2 aliphatic heterocycles. The third kappa shape index (κ3) is 2.02. The number of rotatable bonds is 0. The van der Waals surface area contributed by atoms with E-state index in [-0.39, 0.29) is 11.7 Å². The minimum absolute atomic E-state index is 0.160. The van der Waals surface area contributed by atoms with Crippen LogP contribution in [0.1, 0.15) is 16.7 Å². The van der Waals surface area contributed by atoms with Crippen molar-refractivity contribution >= 4 is 44.5 Å². The van der Waals surface area contributed by atoms with Crippen LogP contribution < -0.4 is 10.6 Å². The molecule has 4 heteroatoms. The molecule has 0 radical (unpaired) electrons. The zero-order valence-corrected chi connectivity index (χ0v) is 16.9. The van der Waals surface area contributed by atoms with Crippen molar-refractivity contribution in [1.29, 1.82) is 0 Å². The quantitative estimate of drug-likeness (QED) is 0.304. The summed E-state index contributed by atoms with van der Waals surface area (Å²) in [4.78, 5) is 13.9. The Labute approximate surface area is 183 Å². The number of nitrogens with one attached hydrogen (secondary N) is 2. The van der Waals surface area contributed by atoms with E-state index < -0.39 is 5.41 Å². The lowest BCUT2D eigenvalue weighted by atomic mass is 9.66. The van der Waals surface area contributed by atoms with E-state index in [1.54, 1.807) is 6.07 Å². The number of halogens is 1. The summed E-state index contributed by atoms with van der Waals surface area (Å²) in [6.45, 7) is 0. The summed E-state index contributed by atoms with van der Waals surface area (Å²) in [5.74, 6) is -0.518. The van der Waals surface area contributed by atoms with Gasteiger partial charge in [-0.25, -0.2) is 4.39 Å². The predicted octanol–water partition coefficient (Wildman–Crippen LogP) is 6.48. The smallest absolute Gasteiger partial charge is 0.244 e. The van der Waals surface area contributed by atoms with E-state index in [1.165, 1.54) is 12.1 Å². The van der Waals surface area contributed by atoms with Gasteiger partial charge in [0.05, 0.1) is 11.4 Å². The van der Waals surface area contributed by atoms with E-state index in [0.29, 0.717) is 11.3 Å². The van der Waals surface area contributed by atoms with Gasteiger partial charge in [0.15, 0.2) is 0 Å². The van der Waals surface area contributed by atoms with Gasteiger partial charge in [-0.15, -0.1) is 0 Å². The van der Waals surface area contributed by atoms with Gasteiger partial charge in [-0.2, -0.15) is 0 Å². The molecule has 2 aliphatic rings. The van der Waals surface area contributed by atoms with Gasteiger partial charge in [-0.1, -0.05) is 72.8 Å². The van der Waals surface area contributed by atoms with Crippen molar-refractivity contribution in [1.82, 2.24) is 0 Å². The van der Waals surface area contributed by atoms with Gasteiger partial charge in [-0.3, -0.25) is 4.79 Å². The Balaban J connectivity index is 1.70. The zero-order valence-electron chi connectivity index (χ0n) is 16.9. The van der Waals surface area contributed by atoms with Crippen molar-refractivity contribution in [3.05, 3.63) is 114 Å². The summed E-state index contributed by atoms with van der Waals surface area (Å²) in [5.41, 5.74) is 3.61. The lowest BCUT2D eigenvalue weighted by Crippen LogP contribution is -2.40. The molecule has 152 valence electrons. The average Bonchev–Trinajstić information content (AvgIpc) is 3.11. The van der Waals surface area contributed by atoms with Crippen LogP contribution in [0.4, 0.5) is 21.5 Å². The third-order valence-corrected chi connectivity index (χ3v) is 6.89. The van der Waals surface area contributed by atoms with Crippen LogP contribution in [0.3, 0.4) is 0 Å². The Morgan fingerprint density at radius 1 is 0.625 bits per heavy atom. The van der Waals surface area contributed by atoms with E-state index >= 15 is 0 Å². The van der Waals surface area contributed by atoms with Crippen LogP contribution in [0.25, 0.3) is 21.5 Å². The summed E-state index contributed by atoms with van der Waals surface area (Å²) in [6.07, 6.45) is 0. The molecule has 0 unspecified atom stereocenters. The molecule has 5 aromatic rings. The normalized spacial score (nSPS) is 15.2. The molecular weight excluding hydrogens is 399 g/mol. The van der Waals surface area contributed by atoms with Crippen molar-refractivity contribution in [3.63, 3.8) is 0 Å². The molecule has 0 saturated carbocycles. The van der Waals surface area contributed by atoms with Crippen molar-refractivity contribution in [2.75, 3.05) is 10.6 Å². The molecule has 0 bridgehead atoms. The van der Waals surface area contributed by atoms with Crippen molar-refractivity contribution in [3.8, 4) is 0 Å². The number of hydrogen-bond donors (Lipinski definition) is 2. The molecule has 5 aromatic carbocycles. The monoisotopic (exact) mass is 416 g/mol. The maximum absolute atomic E-state index is 14.5. The van der Waals surface area contributed by atoms with Gasteiger partial charge < -0.3 is 10.6 Å². The second-order valence-corrected chi connectivity index (χ2v) is 8.44. The van der Waals surface area contributed by atoms with Crippen molar-refractivity contribution in [2.24, 2.45) is 0 Å². The average molecular weight is 416 g/mol. The largest absolute Gasteiger partial charge is 0.354 e. The van der Waals surface area contributed by atoms with Gasteiger partial charge >= 0.3 is 0 Å². The number of fused-ring (bicyclic) bond motifs is 10. The highest BCUT2D eigenvalue weighted by Crippen LogP contribution is 2.57. The number of amides is 1. The molecule has 32 heavy (non-hydrogen) atoms. The number of benzene rings is 5. The van der Waals surface area contributed by atoms with Crippen LogP contribution >= 0.6 is 0 Å². The van der Waals surface area contributed by atoms with Gasteiger partial charge in [0.1, 0.15) is 11.2 Å². The van der Waals surface area contributed by atoms with E-state index in [4.69, 9.17) is 0 Å². The van der Waals surface area contributed by atoms with Crippen LogP contribution in [0.15, 0.2) is 91.0 Å². The summed E-state index contributed by atoms with van der Waals surface area (Å²) >= 11 is 0. The second-order valence-electron chi connectivity index (χ2n) is 8.44. The standard InChI is InChI=1S/C28H17FN2O/c29-18-11-14-24-23(15-18)28(27(32)30-24)21-12-9-16-5-1-3-7-19(16)25(21)31-26-20-8-4-2-6-17(20)10-13-22(26)28/h1-15,31H,(H,30,32). The Kier molecular flexibility index (Phi) is 3.25. The van der Waals surface area contributed by atoms with Crippen molar-refractivity contribution < 1.29 is 9.18 Å². The fraction of sp³-hybridized carbons (Fsp3) is 0.0357. The molecule has 1 amide bonds. The fourth-order valence-corrected chi connectivity index (χ4v) is 5.52. The first-order valence-electron chi connectivity index (χ1n) is 10.6. The molecule has 0 fully saturated rings. The first-order valence-corrected chi connectivity index (χ1v) is 10.6. The lowest BCUT2D eigenvalue weighted by molar-refractivity contribution is -0.118. The van der Waals surface area contributed by atoms with Crippen LogP contribution in [0.5, 0.6) is 0 Å². The number of hydrogen-bond acceptors (Lipinski definition) is 2. The fourth-order valence-electron chi connectivity index (χ4n) is 5.52. The molecule has 0 atom stereocenters. The minimum Gasteiger partial charge on any atom is -0.354 e. The first-order chi connectivity index (χ1) is 15.7. The predicted molar refractivity (Wildman–Crippen MR) is 126 cm³/mol. The van der Waals surface area contributed by atoms with Gasteiger partial charge in [0.25, 0.3) is 0 Å². The highest BCUT2D eigenvalue weighted by atomic mass is 19.1. The van der Waals surface area contributed by atoms with E-state index in [1.807, 2.05) is 48.5 Å². The molecular formula is C28H17FN2O. The Hall–Kier alpha value is -4.18. The maximum atomic E-state index is 14.5. The zero-order chi connectivity index (χ0) is 21.4. The number of carbonyl (C=O) groups excluding carboxylic acids is 1. The van der Waals surface area contributed by atoms with Crippen LogP contribution in [0, 0.1) is 5.82 Å². The topological polar surface area (TPSA) is 41.1 Å². The molecule has 7 rings (SSSR count). The van der Waals surface area contributed by atoms with E-state index in [0.717, 1.165) is 44.0 Å². The Morgan fingerprint density at radius 2 is 1.22 bits per heavy atom. The highest BCUT2D eigenvalue weighted by molar-refractivity contribution is 6.18. The molecule has 0 aliphatic carbocycles. The number of anilines is 3. The molecule has 2 heterocycles. The van der Waals surface area contributed by atoms with E-state index in [9.17, 15) is 9.18 Å². The van der Waals surface area contributed by atoms with Gasteiger partial charge in [-0.05, 0) is 29.0 Å². The highest BCUT2D eigenvalue weighted by Gasteiger charge is 2.54. The number of carbonyl (C=O) groups is 1. The summed E-state index contributed by atoms with van der Waals surface area (Å²) in [5, 5.41) is 10.9. The Morgan fingerprint density at radius 3 is 1.84 bits per heavy atom. The van der Waals surface area contributed by atoms with Crippen LogP contribution in [-0.4, -0.2) is 5.91 Å². The molecule has 0 aromatic heterocycles. The molecule has 1 spiro atoms. The summed E-state index contributed by atoms with van der Waals surface area (Å²) in [7, 11) is 0. The lowest BCUT2D eigenvalue weighted by Gasteiger charge is -2.38. The summed E-state index contributed by atoms with van der Waals surface area (Å²) in [6, 6.07) is 28.9. The van der Waals surface area contributed by atoms with E-state index in [2.05, 4.69) is 34.9 Å². The van der Waals surface area contributed by atoms with Crippen LogP contribution in [0.2, 0.25) is 0 Å². The minimum atomic E-state index is -1.14. The maximum Gasteiger partial charge on any atom is 0.244 e. The van der Waals surface area contributed by atoms with Crippen molar-refractivity contribution in [2.45, 2.75) is 5.41 Å². The SMILES string of the molecule is O=C1Nc2ccc(F)cc2C12c1ccc3ccccc3c1Nc1c2ccc2ccccc12. The molecule has 3 nitrogen and oxygen atoms in total. The first kappa shape index (κ1) is 17.5. The Bertz CT molecular complexity index is 1540. The van der Waals surface area contributed by atoms with Gasteiger partial charge in [0.2, 0.25) is 5.91 Å². The van der Waals surface area contributed by atoms with Crippen LogP contribution in [-0.2, 0) is 10.2 Å². The molecule has 2 N–H and O–H groups in total. The third-order valence-electron chi connectivity index (χ3n) is 6.89.